The summed E-state index contributed by atoms with van der Waals surface area (Å²) in [6.07, 6.45) is 2.91. The molecule has 3 aromatic carbocycles. The van der Waals surface area contributed by atoms with Crippen LogP contribution < -0.4 is 4.57 Å². The molecule has 0 N–H and O–H groups in total. The van der Waals surface area contributed by atoms with Gasteiger partial charge in [-0.3, -0.25) is 0 Å². The van der Waals surface area contributed by atoms with E-state index in [2.05, 4.69) is 96.4 Å². The smallest absolute Gasteiger partial charge is 0.231 e. The first-order valence-corrected chi connectivity index (χ1v) is 12.1. The number of fused-ring (bicyclic) bond motifs is 5. The van der Waals surface area contributed by atoms with Gasteiger partial charge in [0.15, 0.2) is 6.20 Å². The minimum Gasteiger partial charge on any atom is -0.311 e. The topological polar surface area (TPSA) is 12.7 Å². The van der Waals surface area contributed by atoms with E-state index in [0.717, 1.165) is 6.42 Å². The molecule has 0 amide bonds. The fraction of sp³-hybridized carbons (Fsp3) is 0.290. The monoisotopic (exact) mass is 444 g/mol. The maximum absolute atomic E-state index is 7.66. The van der Waals surface area contributed by atoms with Crippen LogP contribution in [-0.2, 0) is 13.5 Å². The predicted molar refractivity (Wildman–Crippen MR) is 143 cm³/mol. The second-order valence-electron chi connectivity index (χ2n) is 10.9. The van der Waals surface area contributed by atoms with Crippen molar-refractivity contribution < 1.29 is 4.57 Å². The normalized spacial score (nSPS) is 12.8. The van der Waals surface area contributed by atoms with Crippen molar-refractivity contribution in [2.24, 2.45) is 7.05 Å². The van der Waals surface area contributed by atoms with E-state index in [1.807, 2.05) is 13.8 Å². The number of rotatable bonds is 3. The Morgan fingerprint density at radius 3 is 2.50 bits per heavy atom. The molecule has 3 aromatic heterocycles. The van der Waals surface area contributed by atoms with Crippen LogP contribution in [0, 0.1) is 13.5 Å². The van der Waals surface area contributed by atoms with Gasteiger partial charge >= 0.3 is 0 Å². The first-order chi connectivity index (χ1) is 16.2. The van der Waals surface area contributed by atoms with Crippen LogP contribution in [-0.4, -0.2) is 9.94 Å². The molecule has 3 heterocycles. The van der Waals surface area contributed by atoms with Crippen molar-refractivity contribution >= 4 is 49.0 Å². The van der Waals surface area contributed by atoms with Crippen molar-refractivity contribution in [1.29, 1.82) is 0 Å². The van der Waals surface area contributed by atoms with E-state index in [9.17, 15) is 0 Å². The highest BCUT2D eigenvalue weighted by molar-refractivity contribution is 6.25. The minimum atomic E-state index is -0.425. The van der Waals surface area contributed by atoms with Gasteiger partial charge in [0.05, 0.1) is 33.7 Å². The molecular weight excluding hydrogens is 414 g/mol. The maximum Gasteiger partial charge on any atom is 0.231 e. The molecular formula is C31H30N3+. The molecule has 0 saturated carbocycles. The van der Waals surface area contributed by atoms with Gasteiger partial charge in [-0.1, -0.05) is 38.1 Å². The first kappa shape index (κ1) is 20.9. The fourth-order valence-corrected chi connectivity index (χ4v) is 5.80. The highest BCUT2D eigenvalue weighted by Gasteiger charge is 2.27. The Bertz CT molecular complexity index is 1810. The molecule has 6 rings (SSSR count). The molecule has 34 heavy (non-hydrogen) atoms. The molecule has 6 aromatic rings. The highest BCUT2D eigenvalue weighted by atomic mass is 15.0. The number of benzene rings is 3. The van der Waals surface area contributed by atoms with E-state index in [0.29, 0.717) is 5.92 Å². The molecule has 0 bridgehead atoms. The predicted octanol–water partition coefficient (Wildman–Crippen LogP) is 7.49. The lowest BCUT2D eigenvalue weighted by molar-refractivity contribution is -0.643. The van der Waals surface area contributed by atoms with Gasteiger partial charge in [-0.15, -0.1) is 0 Å². The molecule has 0 atom stereocenters. The SMILES string of the molecule is [C-]#[N+]C(C)(C)Cc1cc2cc[n+](C)c3c4c(C)ccc5c6cc(C(C)C)ccc6n(c(c1)c23)c54. The third-order valence-electron chi connectivity index (χ3n) is 7.52. The Kier molecular flexibility index (Phi) is 4.27. The summed E-state index contributed by atoms with van der Waals surface area (Å²) in [5.74, 6) is 0.485. The third-order valence-corrected chi connectivity index (χ3v) is 7.52. The van der Waals surface area contributed by atoms with Crippen LogP contribution in [0.4, 0.5) is 0 Å². The molecule has 0 unspecified atom stereocenters. The van der Waals surface area contributed by atoms with E-state index in [4.69, 9.17) is 6.57 Å². The van der Waals surface area contributed by atoms with Crippen LogP contribution in [0.5, 0.6) is 0 Å². The van der Waals surface area contributed by atoms with E-state index < -0.39 is 5.54 Å². The molecule has 3 nitrogen and oxygen atoms in total. The lowest BCUT2D eigenvalue weighted by Gasteiger charge is -2.16. The Morgan fingerprint density at radius 2 is 1.76 bits per heavy atom. The van der Waals surface area contributed by atoms with Crippen molar-refractivity contribution in [2.75, 3.05) is 0 Å². The number of hydrogen-bond acceptors (Lipinski definition) is 0. The molecule has 0 aliphatic heterocycles. The average molecular weight is 445 g/mol. The van der Waals surface area contributed by atoms with Crippen LogP contribution in [0.1, 0.15) is 50.3 Å². The van der Waals surface area contributed by atoms with Gasteiger partial charge in [0.25, 0.3) is 0 Å². The Morgan fingerprint density at radius 1 is 0.971 bits per heavy atom. The van der Waals surface area contributed by atoms with E-state index in [1.54, 1.807) is 0 Å². The summed E-state index contributed by atoms with van der Waals surface area (Å²) in [4.78, 5) is 3.89. The van der Waals surface area contributed by atoms with Crippen LogP contribution in [0.15, 0.2) is 54.7 Å². The van der Waals surface area contributed by atoms with Crippen LogP contribution in [0.3, 0.4) is 0 Å². The number of hydrogen-bond donors (Lipinski definition) is 0. The lowest BCUT2D eigenvalue weighted by atomic mass is 9.92. The number of aryl methyl sites for hydroxylation is 2. The summed E-state index contributed by atoms with van der Waals surface area (Å²) in [7, 11) is 2.15. The van der Waals surface area contributed by atoms with Crippen molar-refractivity contribution in [3.8, 4) is 0 Å². The summed E-state index contributed by atoms with van der Waals surface area (Å²) < 4.78 is 4.76. The highest BCUT2D eigenvalue weighted by Crippen LogP contribution is 2.41. The molecule has 168 valence electrons. The second kappa shape index (κ2) is 6.93. The molecule has 0 aliphatic carbocycles. The summed E-state index contributed by atoms with van der Waals surface area (Å²) >= 11 is 0. The number of pyridine rings is 2. The average Bonchev–Trinajstić information content (AvgIpc) is 3.13. The second-order valence-corrected chi connectivity index (χ2v) is 10.9. The van der Waals surface area contributed by atoms with Crippen molar-refractivity contribution in [3.05, 3.63) is 82.8 Å². The molecule has 0 radical (unpaired) electrons. The van der Waals surface area contributed by atoms with Crippen LogP contribution >= 0.6 is 0 Å². The van der Waals surface area contributed by atoms with Gasteiger partial charge in [-0.2, -0.15) is 0 Å². The summed E-state index contributed by atoms with van der Waals surface area (Å²) in [5.41, 5.74) is 8.53. The first-order valence-electron chi connectivity index (χ1n) is 12.1. The van der Waals surface area contributed by atoms with E-state index >= 15 is 0 Å². The zero-order valence-corrected chi connectivity index (χ0v) is 20.8. The molecule has 0 saturated heterocycles. The molecule has 3 heteroatoms. The fourth-order valence-electron chi connectivity index (χ4n) is 5.80. The van der Waals surface area contributed by atoms with E-state index in [-0.39, 0.29) is 0 Å². The largest absolute Gasteiger partial charge is 0.311 e. The van der Waals surface area contributed by atoms with E-state index in [1.165, 1.54) is 65.7 Å². The minimum absolute atomic E-state index is 0.425. The van der Waals surface area contributed by atoms with Gasteiger partial charge in [-0.05, 0) is 53.1 Å². The van der Waals surface area contributed by atoms with Gasteiger partial charge in [-0.25, -0.2) is 11.1 Å². The van der Waals surface area contributed by atoms with Gasteiger partial charge < -0.3 is 9.25 Å². The quantitative estimate of drug-likeness (QED) is 0.116. The number of nitrogens with zero attached hydrogens (tertiary/aromatic N) is 3. The zero-order chi connectivity index (χ0) is 23.9. The maximum atomic E-state index is 7.66. The summed E-state index contributed by atoms with van der Waals surface area (Å²) in [6.45, 7) is 18.5. The van der Waals surface area contributed by atoms with Crippen LogP contribution in [0.25, 0.3) is 53.8 Å². The summed E-state index contributed by atoms with van der Waals surface area (Å²) in [6, 6.07) is 18.4. The van der Waals surface area contributed by atoms with Gasteiger partial charge in [0.1, 0.15) is 7.05 Å². The van der Waals surface area contributed by atoms with Crippen molar-refractivity contribution in [2.45, 2.75) is 52.5 Å². The van der Waals surface area contributed by atoms with Gasteiger partial charge in [0.2, 0.25) is 11.1 Å². The molecule has 0 aliphatic rings. The van der Waals surface area contributed by atoms with Crippen molar-refractivity contribution in [1.82, 2.24) is 4.40 Å². The Balaban J connectivity index is 1.90. The molecule has 0 fully saturated rings. The summed E-state index contributed by atoms with van der Waals surface area (Å²) in [5, 5.41) is 6.49. The number of aromatic nitrogens is 2. The van der Waals surface area contributed by atoms with Gasteiger partial charge in [0, 0.05) is 30.7 Å². The Hall–Kier alpha value is -3.64. The lowest BCUT2D eigenvalue weighted by Crippen LogP contribution is -2.29. The van der Waals surface area contributed by atoms with Crippen molar-refractivity contribution in [3.63, 3.8) is 0 Å². The third kappa shape index (κ3) is 2.78. The van der Waals surface area contributed by atoms with Crippen LogP contribution in [0.2, 0.25) is 0 Å². The Labute approximate surface area is 200 Å². The zero-order valence-electron chi connectivity index (χ0n) is 20.8. The molecule has 0 spiro atoms. The standard InChI is InChI=1S/C31H30N3/c1-18(2)21-9-11-25-24(16-21)23-10-8-19(3)27-29(23)34(25)26-15-20(17-31(4,5)32-6)14-22-12-13-33(7)30(27)28(22)26/h8-16,18H,17H2,1-5,7H3/q+1.